The maximum absolute atomic E-state index is 15.4. The summed E-state index contributed by atoms with van der Waals surface area (Å²) in [7, 11) is 0. The summed E-state index contributed by atoms with van der Waals surface area (Å²) < 4.78 is 305. The molecule has 0 saturated carbocycles. The molecule has 0 aromatic heterocycles. The van der Waals surface area contributed by atoms with Crippen molar-refractivity contribution in [3.05, 3.63) is 342 Å². The van der Waals surface area contributed by atoms with Crippen LogP contribution in [-0.2, 0) is 19.1 Å². The summed E-state index contributed by atoms with van der Waals surface area (Å²) in [5, 5.41) is 15.3. The van der Waals surface area contributed by atoms with Crippen molar-refractivity contribution in [3.8, 4) is 0 Å². The molecular formula is C109H111BF20N4O7. The number of carbonyl (C=O) groups excluding carboxylic acids is 2. The number of unbranched alkanes of at least 4 members (excludes halogenated alkanes) is 10. The van der Waals surface area contributed by atoms with Crippen LogP contribution < -0.4 is 46.7 Å². The van der Waals surface area contributed by atoms with E-state index in [1.807, 2.05) is 41.5 Å². The molecule has 752 valence electrons. The molecule has 0 radical (unpaired) electrons. The van der Waals surface area contributed by atoms with Crippen LogP contribution in [0.1, 0.15) is 215 Å². The Labute approximate surface area is 807 Å². The zero-order valence-electron chi connectivity index (χ0n) is 80.1. The molecule has 10 aromatic carbocycles. The van der Waals surface area contributed by atoms with Gasteiger partial charge in [0.1, 0.15) is 65.8 Å². The van der Waals surface area contributed by atoms with E-state index in [1.54, 1.807) is 0 Å². The minimum Gasteiger partial charge on any atom is -0.565 e. The Morgan fingerprint density at radius 1 is 0.319 bits per heavy atom. The van der Waals surface area contributed by atoms with E-state index >= 15 is 35.1 Å². The number of hydrogen-bond donors (Lipinski definition) is 3. The number of benzene rings is 10. The fraction of sp³-hybridized carbons (Fsp3) is 0.330. The van der Waals surface area contributed by atoms with E-state index in [0.29, 0.717) is 13.2 Å². The molecule has 2 aliphatic rings. The summed E-state index contributed by atoms with van der Waals surface area (Å²) in [5.74, 6) is -71.6. The molecule has 2 aliphatic carbocycles. The van der Waals surface area contributed by atoms with Crippen molar-refractivity contribution in [3.63, 3.8) is 0 Å². The smallest absolute Gasteiger partial charge is 0.311 e. The number of hydrogen-bond acceptors (Lipinski definition) is 8. The van der Waals surface area contributed by atoms with Gasteiger partial charge in [0.15, 0.2) is 69.8 Å². The maximum Gasteiger partial charge on any atom is 0.311 e. The Bertz CT molecular complexity index is 5700. The Kier molecular flexibility index (Phi) is 39.9. The van der Waals surface area contributed by atoms with Crippen LogP contribution in [0.5, 0.6) is 0 Å². The summed E-state index contributed by atoms with van der Waals surface area (Å²) >= 11 is 0. The zero-order valence-corrected chi connectivity index (χ0v) is 80.1. The van der Waals surface area contributed by atoms with Gasteiger partial charge >= 0.3 is 11.9 Å². The van der Waals surface area contributed by atoms with E-state index in [0.717, 1.165) is 90.6 Å². The monoisotopic (exact) mass is 1980 g/mol. The number of anilines is 2. The molecule has 141 heavy (non-hydrogen) atoms. The average Bonchev–Trinajstić information content (AvgIpc) is 0.678. The standard InChI is InChI=1S/2C42H54N2O2.C24BF20.CH2O3/c2*1-7-42(5,6)41(45)46-31-17-13-11-10-12-16-30-43-39-29-28-38(36-18-14-15-19-37(36)39)40(33-22-20-32(4)21-23-33)34-24-26-35(27-25-34)44(8-2)9-3;26-5-1(6(27)14(35)21(42)13(5)34)25(2-7(28)15(36)22(43)16(37)8(2)29,3-9(30)17(38)23(44)18(39)10(3)31)4-11(32)19(40)24(45)20(41)12(4)33;2-1(3)4/h2*14-15,18-29H,7-13,16-17,30-31H2,1-6H3;;(H2,2,3,4)/q;;-1;/p+1. The molecule has 11 nitrogen and oxygen atoms in total. The Balaban J connectivity index is 0.000000231. The van der Waals surface area contributed by atoms with Gasteiger partial charge in [0.2, 0.25) is 17.6 Å². The van der Waals surface area contributed by atoms with Crippen LogP contribution in [0.25, 0.3) is 22.3 Å². The quantitative estimate of drug-likeness (QED) is 0.00872. The number of carboxylic acid groups (broad SMARTS) is 2. The van der Waals surface area contributed by atoms with Crippen LogP contribution in [0.3, 0.4) is 0 Å². The predicted molar refractivity (Wildman–Crippen MR) is 508 cm³/mol. The summed E-state index contributed by atoms with van der Waals surface area (Å²) in [5.41, 5.74) is 7.34. The van der Waals surface area contributed by atoms with Gasteiger partial charge in [-0.05, 0) is 212 Å². The molecule has 0 fully saturated rings. The number of nitrogens with one attached hydrogen (secondary N) is 2. The lowest BCUT2D eigenvalue weighted by Gasteiger charge is -2.44. The van der Waals surface area contributed by atoms with Crippen LogP contribution in [0.15, 0.2) is 170 Å². The second-order valence-electron chi connectivity index (χ2n) is 35.2. The molecular weight excluding hydrogens is 1870 g/mol. The number of nitrogens with zero attached hydrogens (tertiary/aromatic N) is 2. The largest absolute Gasteiger partial charge is 0.565 e. The Morgan fingerprint density at radius 3 is 0.780 bits per heavy atom. The van der Waals surface area contributed by atoms with Crippen LogP contribution in [0, 0.1) is 141 Å². The van der Waals surface area contributed by atoms with E-state index in [4.69, 9.17) is 24.5 Å². The maximum atomic E-state index is 15.4. The molecule has 0 atom stereocenters. The van der Waals surface area contributed by atoms with Crippen LogP contribution in [-0.4, -0.2) is 93.3 Å². The van der Waals surface area contributed by atoms with Crippen molar-refractivity contribution in [1.82, 2.24) is 0 Å². The highest BCUT2D eigenvalue weighted by Crippen LogP contribution is 2.41. The number of halogens is 20. The van der Waals surface area contributed by atoms with Gasteiger partial charge in [-0.3, -0.25) is 9.59 Å². The van der Waals surface area contributed by atoms with E-state index in [1.165, 1.54) is 139 Å². The number of aryl methyl sites for hydroxylation is 2. The molecule has 0 spiro atoms. The third kappa shape index (κ3) is 25.5. The first kappa shape index (κ1) is 112. The first-order valence-corrected chi connectivity index (χ1v) is 46.6. The van der Waals surface area contributed by atoms with Crippen LogP contribution in [0.4, 0.5) is 104 Å². The van der Waals surface area contributed by atoms with Crippen molar-refractivity contribution in [1.29, 1.82) is 0 Å². The van der Waals surface area contributed by atoms with Gasteiger partial charge in [0.05, 0.1) is 35.2 Å². The van der Waals surface area contributed by atoms with Gasteiger partial charge in [-0.1, -0.05) is 173 Å². The highest BCUT2D eigenvalue weighted by Gasteiger charge is 2.53. The lowest BCUT2D eigenvalue weighted by atomic mass is 9.12. The molecule has 32 heteroatoms. The third-order valence-corrected chi connectivity index (χ3v) is 25.5. The molecule has 12 rings (SSSR count). The minimum absolute atomic E-state index is 0.0737. The highest BCUT2D eigenvalue weighted by molar-refractivity contribution is 7.20. The van der Waals surface area contributed by atoms with Gasteiger partial charge in [0.25, 0.3) is 0 Å². The van der Waals surface area contributed by atoms with Crippen molar-refractivity contribution in [2.45, 2.75) is 173 Å². The summed E-state index contributed by atoms with van der Waals surface area (Å²) in [6.45, 7) is 32.0. The Morgan fingerprint density at radius 2 is 0.539 bits per heavy atom. The first-order valence-electron chi connectivity index (χ1n) is 46.6. The predicted octanol–water partition coefficient (Wildman–Crippen LogP) is 21.9. The Hall–Kier alpha value is -13.0. The molecule has 10 aromatic rings. The number of carbonyl (C=O) groups is 3. The fourth-order valence-corrected chi connectivity index (χ4v) is 16.8. The second-order valence-corrected chi connectivity index (χ2v) is 35.2. The van der Waals surface area contributed by atoms with Gasteiger partial charge in [0, 0.05) is 62.5 Å². The molecule has 0 amide bonds. The topological polar surface area (TPSA) is 147 Å². The lowest BCUT2D eigenvalue weighted by molar-refractivity contribution is -0.456. The van der Waals surface area contributed by atoms with Crippen LogP contribution in [0.2, 0.25) is 0 Å². The summed E-state index contributed by atoms with van der Waals surface area (Å²) in [6.07, 6.45) is 15.0. The van der Waals surface area contributed by atoms with E-state index < -0.39 is 150 Å². The number of esters is 2. The number of fused-ring (bicyclic) bond motifs is 2. The number of ether oxygens (including phenoxy) is 2. The lowest BCUT2D eigenvalue weighted by Crippen LogP contribution is -2.81. The van der Waals surface area contributed by atoms with Gasteiger partial charge in [-0.25, -0.2) is 97.8 Å². The first-order chi connectivity index (χ1) is 67.0. The van der Waals surface area contributed by atoms with E-state index in [2.05, 4.69) is 231 Å². The highest BCUT2D eigenvalue weighted by atomic mass is 19.2. The number of rotatable bonds is 36. The normalized spacial score (nSPS) is 13.6. The van der Waals surface area contributed by atoms with Gasteiger partial charge < -0.3 is 34.3 Å². The molecule has 0 aliphatic heterocycles. The van der Waals surface area contributed by atoms with Crippen molar-refractivity contribution in [2.75, 3.05) is 62.3 Å². The van der Waals surface area contributed by atoms with Gasteiger partial charge in [-0.15, -0.1) is 21.9 Å². The third-order valence-electron chi connectivity index (χ3n) is 25.5. The summed E-state index contributed by atoms with van der Waals surface area (Å²) in [4.78, 5) is 44.9. The second kappa shape index (κ2) is 50.4. The molecule has 0 unspecified atom stereocenters. The average molecular weight is 1980 g/mol. The zero-order chi connectivity index (χ0) is 104. The van der Waals surface area contributed by atoms with Crippen molar-refractivity contribution < 1.29 is 132 Å². The van der Waals surface area contributed by atoms with Crippen LogP contribution >= 0.6 is 0 Å². The molecule has 0 bridgehead atoms. The molecule has 0 saturated heterocycles. The van der Waals surface area contributed by atoms with E-state index in [-0.39, 0.29) is 22.8 Å². The number of allylic oxidation sites excluding steroid dienone is 6. The fourth-order valence-electron chi connectivity index (χ4n) is 16.8. The van der Waals surface area contributed by atoms with E-state index in [9.17, 15) is 62.3 Å². The minimum atomic E-state index is -7.22. The summed E-state index contributed by atoms with van der Waals surface area (Å²) in [6, 6.07) is 53.6. The molecule has 0 heterocycles. The molecule has 3 N–H and O–H groups in total. The SMILES string of the molecule is CCN(CC)c1ccc(C(=C2C=CC(=[NH+]CCCCCCCCOC(=O)C(C)(C)CC)c3ccccc32)c2ccc(C)cc2)cc1.CCN(CC)c1ccc(C(=C2C=CC(=[NH+]CCCCCCCCOC(=O)C(C)(C)CC)c3ccccc32)c2ccc(C)cc2)cc1.Fc1c(F)c(F)c([B-](c2c(F)c(F)c(F)c(F)c2F)(c2c(F)c(F)c(F)c(F)c2F)c2c(F)c(F)c(F)c(F)c2F)c(F)c1F.O=C([O-])O. The van der Waals surface area contributed by atoms with Crippen molar-refractivity contribution in [2.24, 2.45) is 10.8 Å². The van der Waals surface area contributed by atoms with Gasteiger partial charge in [-0.2, -0.15) is 0 Å². The van der Waals surface area contributed by atoms with Crippen molar-refractivity contribution >= 4 is 91.2 Å².